The molecule has 0 amide bonds. The molecule has 0 spiro atoms. The lowest BCUT2D eigenvalue weighted by Crippen LogP contribution is -2.48. The van der Waals surface area contributed by atoms with E-state index in [4.69, 9.17) is 0 Å². The second-order valence-electron chi connectivity index (χ2n) is 6.32. The number of aryl methyl sites for hydroxylation is 1. The number of hydrogen-bond acceptors (Lipinski definition) is 2. The molecular weight excluding hydrogens is 324 g/mol. The highest BCUT2D eigenvalue weighted by Crippen LogP contribution is 2.24. The van der Waals surface area contributed by atoms with E-state index in [-0.39, 0.29) is 0 Å². The highest BCUT2D eigenvalue weighted by molar-refractivity contribution is 9.09. The number of halogens is 1. The standard InChI is InChI=1S/C18H29BrN2/c1-4-6-17(13-19)14-20-9-11-21(12-10-20)18-8-5-7-15(2)16(18)3/h5,7-8,17H,4,6,9-14H2,1-3H3. The van der Waals surface area contributed by atoms with Gasteiger partial charge >= 0.3 is 0 Å². The maximum absolute atomic E-state index is 3.67. The van der Waals surface area contributed by atoms with Crippen molar-refractivity contribution in [1.29, 1.82) is 0 Å². The van der Waals surface area contributed by atoms with E-state index in [9.17, 15) is 0 Å². The van der Waals surface area contributed by atoms with Gasteiger partial charge in [0.05, 0.1) is 0 Å². The Bertz CT molecular complexity index is 439. The first-order chi connectivity index (χ1) is 10.2. The largest absolute Gasteiger partial charge is 0.369 e. The van der Waals surface area contributed by atoms with Crippen molar-refractivity contribution in [2.45, 2.75) is 33.6 Å². The minimum Gasteiger partial charge on any atom is -0.369 e. The Morgan fingerprint density at radius 1 is 1.14 bits per heavy atom. The van der Waals surface area contributed by atoms with Crippen LogP contribution in [0.15, 0.2) is 18.2 Å². The van der Waals surface area contributed by atoms with Gasteiger partial charge in [0.2, 0.25) is 0 Å². The fourth-order valence-corrected chi connectivity index (χ4v) is 3.77. The first-order valence-corrected chi connectivity index (χ1v) is 9.37. The lowest BCUT2D eigenvalue weighted by molar-refractivity contribution is 0.222. The van der Waals surface area contributed by atoms with Crippen LogP contribution < -0.4 is 4.90 Å². The maximum Gasteiger partial charge on any atom is 0.0399 e. The van der Waals surface area contributed by atoms with Crippen molar-refractivity contribution in [1.82, 2.24) is 4.90 Å². The molecule has 0 aromatic heterocycles. The van der Waals surface area contributed by atoms with Gasteiger partial charge in [0.1, 0.15) is 0 Å². The van der Waals surface area contributed by atoms with E-state index in [1.54, 1.807) is 0 Å². The average Bonchev–Trinajstić information content (AvgIpc) is 2.50. The zero-order chi connectivity index (χ0) is 15.2. The van der Waals surface area contributed by atoms with Crippen LogP contribution in [-0.2, 0) is 0 Å². The average molecular weight is 353 g/mol. The maximum atomic E-state index is 3.67. The molecule has 3 heteroatoms. The van der Waals surface area contributed by atoms with Crippen LogP contribution in [0, 0.1) is 19.8 Å². The van der Waals surface area contributed by atoms with Crippen molar-refractivity contribution in [3.8, 4) is 0 Å². The van der Waals surface area contributed by atoms with Crippen LogP contribution in [0.1, 0.15) is 30.9 Å². The Labute approximate surface area is 138 Å². The molecule has 1 heterocycles. The van der Waals surface area contributed by atoms with Crippen LogP contribution >= 0.6 is 15.9 Å². The van der Waals surface area contributed by atoms with E-state index >= 15 is 0 Å². The lowest BCUT2D eigenvalue weighted by atomic mass is 10.0. The lowest BCUT2D eigenvalue weighted by Gasteiger charge is -2.38. The Kier molecular flexibility index (Phi) is 6.56. The summed E-state index contributed by atoms with van der Waals surface area (Å²) < 4.78 is 0. The van der Waals surface area contributed by atoms with E-state index in [0.29, 0.717) is 0 Å². The molecule has 21 heavy (non-hydrogen) atoms. The van der Waals surface area contributed by atoms with Crippen molar-refractivity contribution in [3.63, 3.8) is 0 Å². The van der Waals surface area contributed by atoms with Gasteiger partial charge in [-0.15, -0.1) is 0 Å². The van der Waals surface area contributed by atoms with E-state index in [1.165, 1.54) is 49.3 Å². The Morgan fingerprint density at radius 3 is 2.48 bits per heavy atom. The van der Waals surface area contributed by atoms with Crippen LogP contribution in [-0.4, -0.2) is 43.0 Å². The highest BCUT2D eigenvalue weighted by Gasteiger charge is 2.20. The quantitative estimate of drug-likeness (QED) is 0.706. The third kappa shape index (κ3) is 4.46. The number of rotatable bonds is 6. The third-order valence-corrected chi connectivity index (χ3v) is 5.64. The van der Waals surface area contributed by atoms with Gasteiger partial charge in [0.15, 0.2) is 0 Å². The van der Waals surface area contributed by atoms with E-state index < -0.39 is 0 Å². The van der Waals surface area contributed by atoms with Crippen LogP contribution in [0.4, 0.5) is 5.69 Å². The number of piperazine rings is 1. The van der Waals surface area contributed by atoms with Gasteiger partial charge in [0.25, 0.3) is 0 Å². The first kappa shape index (κ1) is 16.8. The second-order valence-corrected chi connectivity index (χ2v) is 6.96. The molecule has 1 unspecified atom stereocenters. The molecule has 2 rings (SSSR count). The third-order valence-electron chi connectivity index (χ3n) is 4.72. The summed E-state index contributed by atoms with van der Waals surface area (Å²) in [6.07, 6.45) is 2.63. The van der Waals surface area contributed by atoms with Crippen molar-refractivity contribution >= 4 is 21.6 Å². The van der Waals surface area contributed by atoms with Gasteiger partial charge in [-0.3, -0.25) is 4.90 Å². The van der Waals surface area contributed by atoms with Gasteiger partial charge in [-0.25, -0.2) is 0 Å². The predicted octanol–water partition coefficient (Wildman–Crippen LogP) is 4.24. The molecule has 1 atom stereocenters. The monoisotopic (exact) mass is 352 g/mol. The molecular formula is C18H29BrN2. The zero-order valence-electron chi connectivity index (χ0n) is 13.7. The number of nitrogens with zero attached hydrogens (tertiary/aromatic N) is 2. The summed E-state index contributed by atoms with van der Waals surface area (Å²) in [5.41, 5.74) is 4.27. The molecule has 1 aromatic carbocycles. The topological polar surface area (TPSA) is 6.48 Å². The van der Waals surface area contributed by atoms with Gasteiger partial charge in [-0.05, 0) is 43.4 Å². The summed E-state index contributed by atoms with van der Waals surface area (Å²) in [5.74, 6) is 0.808. The Balaban J connectivity index is 1.89. The molecule has 0 N–H and O–H groups in total. The zero-order valence-corrected chi connectivity index (χ0v) is 15.3. The summed E-state index contributed by atoms with van der Waals surface area (Å²) >= 11 is 3.67. The number of anilines is 1. The molecule has 118 valence electrons. The van der Waals surface area contributed by atoms with Crippen LogP contribution in [0.25, 0.3) is 0 Å². The number of alkyl halides is 1. The summed E-state index contributed by atoms with van der Waals surface area (Å²) in [4.78, 5) is 5.20. The number of benzene rings is 1. The smallest absolute Gasteiger partial charge is 0.0399 e. The normalized spacial score (nSPS) is 18.0. The van der Waals surface area contributed by atoms with Crippen molar-refractivity contribution in [3.05, 3.63) is 29.3 Å². The minimum absolute atomic E-state index is 0.808. The summed E-state index contributed by atoms with van der Waals surface area (Å²) in [6, 6.07) is 6.67. The molecule has 1 saturated heterocycles. The van der Waals surface area contributed by atoms with Gasteiger partial charge in [0, 0.05) is 43.7 Å². The van der Waals surface area contributed by atoms with Gasteiger partial charge in [-0.1, -0.05) is 41.4 Å². The Hall–Kier alpha value is -0.540. The second kappa shape index (κ2) is 8.19. The number of hydrogen-bond donors (Lipinski definition) is 0. The van der Waals surface area contributed by atoms with Gasteiger partial charge < -0.3 is 4.90 Å². The summed E-state index contributed by atoms with van der Waals surface area (Å²) in [6.45, 7) is 12.7. The van der Waals surface area contributed by atoms with Crippen molar-refractivity contribution in [2.75, 3.05) is 43.0 Å². The molecule has 0 bridgehead atoms. The SMILES string of the molecule is CCCC(CBr)CN1CCN(c2cccc(C)c2C)CC1. The summed E-state index contributed by atoms with van der Waals surface area (Å²) in [7, 11) is 0. The minimum atomic E-state index is 0.808. The van der Waals surface area contributed by atoms with Crippen LogP contribution in [0.5, 0.6) is 0 Å². The van der Waals surface area contributed by atoms with Crippen LogP contribution in [0.3, 0.4) is 0 Å². The molecule has 0 radical (unpaired) electrons. The first-order valence-electron chi connectivity index (χ1n) is 8.25. The molecule has 1 fully saturated rings. The highest BCUT2D eigenvalue weighted by atomic mass is 79.9. The van der Waals surface area contributed by atoms with Crippen LogP contribution in [0.2, 0.25) is 0 Å². The predicted molar refractivity (Wildman–Crippen MR) is 96.8 cm³/mol. The fraction of sp³-hybridized carbons (Fsp3) is 0.667. The molecule has 1 aliphatic rings. The van der Waals surface area contributed by atoms with E-state index in [2.05, 4.69) is 64.7 Å². The molecule has 0 saturated carbocycles. The van der Waals surface area contributed by atoms with Gasteiger partial charge in [-0.2, -0.15) is 0 Å². The van der Waals surface area contributed by atoms with Crippen molar-refractivity contribution in [2.24, 2.45) is 5.92 Å². The Morgan fingerprint density at radius 2 is 1.86 bits per heavy atom. The molecule has 0 aliphatic carbocycles. The summed E-state index contributed by atoms with van der Waals surface area (Å²) in [5, 5.41) is 1.14. The fourth-order valence-electron chi connectivity index (χ4n) is 3.24. The molecule has 1 aliphatic heterocycles. The van der Waals surface area contributed by atoms with E-state index in [0.717, 1.165) is 24.3 Å². The molecule has 2 nitrogen and oxygen atoms in total. The van der Waals surface area contributed by atoms with Crippen molar-refractivity contribution < 1.29 is 0 Å². The van der Waals surface area contributed by atoms with E-state index in [1.807, 2.05) is 0 Å². The molecule has 1 aromatic rings.